The number of rotatable bonds is 5. The Labute approximate surface area is 128 Å². The first kappa shape index (κ1) is 13.2. The highest BCUT2D eigenvalue weighted by atomic mass is 32.1. The fourth-order valence-electron chi connectivity index (χ4n) is 2.88. The summed E-state index contributed by atoms with van der Waals surface area (Å²) in [5.41, 5.74) is 1.17. The Balaban J connectivity index is 1.61. The van der Waals surface area contributed by atoms with Gasteiger partial charge < -0.3 is 4.90 Å². The fourth-order valence-corrected chi connectivity index (χ4v) is 3.62. The molecule has 110 valence electrons. The van der Waals surface area contributed by atoms with Crippen LogP contribution in [0.5, 0.6) is 0 Å². The molecule has 5 heteroatoms. The summed E-state index contributed by atoms with van der Waals surface area (Å²) in [4.78, 5) is 6.94. The highest BCUT2D eigenvalue weighted by Gasteiger charge is 2.37. The number of hydrogen-bond donors (Lipinski definition) is 0. The summed E-state index contributed by atoms with van der Waals surface area (Å²) in [6, 6.07) is 7.18. The molecule has 2 aliphatic carbocycles. The SMILES string of the molecule is CN(c1nc(C2CC2)ns1)C(c1ccc(F)cc1)C1CC1. The lowest BCUT2D eigenvalue weighted by atomic mass is 10.0. The number of aromatic nitrogens is 2. The van der Waals surface area contributed by atoms with E-state index in [1.54, 1.807) is 12.1 Å². The summed E-state index contributed by atoms with van der Waals surface area (Å²) >= 11 is 1.49. The van der Waals surface area contributed by atoms with Crippen LogP contribution in [0, 0.1) is 11.7 Å². The van der Waals surface area contributed by atoms with Crippen molar-refractivity contribution >= 4 is 16.7 Å². The van der Waals surface area contributed by atoms with Gasteiger partial charge in [0.05, 0.1) is 6.04 Å². The van der Waals surface area contributed by atoms with Gasteiger partial charge in [0.25, 0.3) is 0 Å². The van der Waals surface area contributed by atoms with E-state index < -0.39 is 0 Å². The molecule has 0 bridgehead atoms. The maximum atomic E-state index is 13.2. The molecule has 0 radical (unpaired) electrons. The van der Waals surface area contributed by atoms with Gasteiger partial charge in [0.15, 0.2) is 0 Å². The van der Waals surface area contributed by atoms with E-state index in [1.807, 2.05) is 12.1 Å². The molecule has 1 unspecified atom stereocenters. The lowest BCUT2D eigenvalue weighted by Crippen LogP contribution is -2.25. The molecule has 1 atom stereocenters. The quantitative estimate of drug-likeness (QED) is 0.831. The Hall–Kier alpha value is -1.49. The van der Waals surface area contributed by atoms with Gasteiger partial charge in [-0.3, -0.25) is 0 Å². The standard InChI is InChI=1S/C16H18FN3S/c1-20(16-18-15(19-21-16)12-4-5-12)14(10-2-3-10)11-6-8-13(17)9-7-11/h6-10,12,14H,2-5H2,1H3. The van der Waals surface area contributed by atoms with E-state index in [2.05, 4.69) is 16.3 Å². The summed E-state index contributed by atoms with van der Waals surface area (Å²) in [6.07, 6.45) is 4.93. The van der Waals surface area contributed by atoms with E-state index in [9.17, 15) is 4.39 Å². The Kier molecular flexibility index (Phi) is 3.17. The van der Waals surface area contributed by atoms with Gasteiger partial charge in [-0.25, -0.2) is 9.37 Å². The van der Waals surface area contributed by atoms with Crippen LogP contribution in [0.25, 0.3) is 0 Å². The predicted molar refractivity (Wildman–Crippen MR) is 82.2 cm³/mol. The van der Waals surface area contributed by atoms with E-state index in [0.717, 1.165) is 11.0 Å². The number of benzene rings is 1. The van der Waals surface area contributed by atoms with Crippen LogP contribution < -0.4 is 4.90 Å². The van der Waals surface area contributed by atoms with Crippen molar-refractivity contribution in [3.8, 4) is 0 Å². The van der Waals surface area contributed by atoms with Crippen LogP contribution >= 0.6 is 11.5 Å². The summed E-state index contributed by atoms with van der Waals surface area (Å²) in [6.45, 7) is 0. The van der Waals surface area contributed by atoms with Crippen molar-refractivity contribution in [1.29, 1.82) is 0 Å². The molecular formula is C16H18FN3S. The first-order valence-electron chi connectivity index (χ1n) is 7.54. The number of nitrogens with zero attached hydrogens (tertiary/aromatic N) is 3. The summed E-state index contributed by atoms with van der Waals surface area (Å²) < 4.78 is 17.7. The molecule has 2 aliphatic rings. The first-order chi connectivity index (χ1) is 10.2. The molecule has 1 aromatic heterocycles. The Morgan fingerprint density at radius 1 is 1.19 bits per heavy atom. The normalized spacial score (nSPS) is 19.5. The van der Waals surface area contributed by atoms with E-state index in [-0.39, 0.29) is 11.9 Å². The third kappa shape index (κ3) is 2.67. The van der Waals surface area contributed by atoms with Gasteiger partial charge in [-0.05, 0) is 49.3 Å². The number of anilines is 1. The average Bonchev–Trinajstić information content (AvgIpc) is 3.41. The minimum atomic E-state index is -0.178. The largest absolute Gasteiger partial charge is 0.343 e. The van der Waals surface area contributed by atoms with Gasteiger partial charge in [0.2, 0.25) is 5.13 Å². The van der Waals surface area contributed by atoms with Gasteiger partial charge in [0, 0.05) is 24.5 Å². The second-order valence-electron chi connectivity index (χ2n) is 6.15. The highest BCUT2D eigenvalue weighted by molar-refractivity contribution is 7.09. The maximum Gasteiger partial charge on any atom is 0.205 e. The molecule has 0 N–H and O–H groups in total. The topological polar surface area (TPSA) is 29.0 Å². The first-order valence-corrected chi connectivity index (χ1v) is 8.31. The van der Waals surface area contributed by atoms with Crippen molar-refractivity contribution in [2.45, 2.75) is 37.6 Å². The Bertz CT molecular complexity index is 631. The Morgan fingerprint density at radius 3 is 2.52 bits per heavy atom. The molecular weight excluding hydrogens is 285 g/mol. The second-order valence-corrected chi connectivity index (χ2v) is 6.88. The average molecular weight is 303 g/mol. The zero-order chi connectivity index (χ0) is 14.4. The molecule has 0 saturated heterocycles. The van der Waals surface area contributed by atoms with Gasteiger partial charge in [-0.1, -0.05) is 12.1 Å². The zero-order valence-electron chi connectivity index (χ0n) is 12.0. The maximum absolute atomic E-state index is 13.2. The predicted octanol–water partition coefficient (Wildman–Crippen LogP) is 4.14. The van der Waals surface area contributed by atoms with Gasteiger partial charge >= 0.3 is 0 Å². The molecule has 1 aromatic carbocycles. The van der Waals surface area contributed by atoms with Crippen LogP contribution in [0.2, 0.25) is 0 Å². The van der Waals surface area contributed by atoms with Gasteiger partial charge in [-0.15, -0.1) is 0 Å². The molecule has 3 nitrogen and oxygen atoms in total. The van der Waals surface area contributed by atoms with E-state index in [1.165, 1.54) is 42.8 Å². The van der Waals surface area contributed by atoms with Crippen molar-refractivity contribution < 1.29 is 4.39 Å². The summed E-state index contributed by atoms with van der Waals surface area (Å²) in [5, 5.41) is 0.984. The zero-order valence-corrected chi connectivity index (χ0v) is 12.8. The lowest BCUT2D eigenvalue weighted by Gasteiger charge is -2.28. The number of hydrogen-bond acceptors (Lipinski definition) is 4. The Morgan fingerprint density at radius 2 is 1.90 bits per heavy atom. The lowest BCUT2D eigenvalue weighted by molar-refractivity contribution is 0.585. The summed E-state index contributed by atoms with van der Waals surface area (Å²) in [5.74, 6) is 2.07. The van der Waals surface area contributed by atoms with Crippen LogP contribution in [0.3, 0.4) is 0 Å². The molecule has 0 aliphatic heterocycles. The molecule has 2 aromatic rings. The molecule has 2 saturated carbocycles. The second kappa shape index (κ2) is 5.05. The van der Waals surface area contributed by atoms with E-state index in [4.69, 9.17) is 4.98 Å². The third-order valence-electron chi connectivity index (χ3n) is 4.37. The molecule has 0 spiro atoms. The van der Waals surface area contributed by atoms with Gasteiger partial charge in [0.1, 0.15) is 11.6 Å². The van der Waals surface area contributed by atoms with Crippen LogP contribution in [0.15, 0.2) is 24.3 Å². The van der Waals surface area contributed by atoms with Crippen LogP contribution in [0.4, 0.5) is 9.52 Å². The van der Waals surface area contributed by atoms with E-state index in [0.29, 0.717) is 11.8 Å². The minimum Gasteiger partial charge on any atom is -0.343 e. The van der Waals surface area contributed by atoms with Crippen molar-refractivity contribution in [3.05, 3.63) is 41.5 Å². The summed E-state index contributed by atoms with van der Waals surface area (Å²) in [7, 11) is 2.09. The highest BCUT2D eigenvalue weighted by Crippen LogP contribution is 2.46. The van der Waals surface area contributed by atoms with Crippen LogP contribution in [0.1, 0.15) is 49.0 Å². The fraction of sp³-hybridized carbons (Fsp3) is 0.500. The monoisotopic (exact) mass is 303 g/mol. The number of halogens is 1. The van der Waals surface area contributed by atoms with E-state index >= 15 is 0 Å². The van der Waals surface area contributed by atoms with Crippen LogP contribution in [-0.4, -0.2) is 16.4 Å². The molecule has 21 heavy (non-hydrogen) atoms. The molecule has 4 rings (SSSR count). The van der Waals surface area contributed by atoms with Crippen molar-refractivity contribution in [2.75, 3.05) is 11.9 Å². The van der Waals surface area contributed by atoms with Crippen molar-refractivity contribution in [2.24, 2.45) is 5.92 Å². The van der Waals surface area contributed by atoms with Crippen LogP contribution in [-0.2, 0) is 0 Å². The third-order valence-corrected chi connectivity index (χ3v) is 5.19. The van der Waals surface area contributed by atoms with Crippen molar-refractivity contribution in [1.82, 2.24) is 9.36 Å². The molecule has 2 fully saturated rings. The van der Waals surface area contributed by atoms with Gasteiger partial charge in [-0.2, -0.15) is 4.37 Å². The smallest absolute Gasteiger partial charge is 0.205 e. The molecule has 1 heterocycles. The van der Waals surface area contributed by atoms with Crippen molar-refractivity contribution in [3.63, 3.8) is 0 Å². The minimum absolute atomic E-state index is 0.178. The molecule has 0 amide bonds.